The van der Waals surface area contributed by atoms with Crippen LogP contribution in [-0.4, -0.2) is 75.8 Å². The van der Waals surface area contributed by atoms with Crippen molar-refractivity contribution in [3.8, 4) is 0 Å². The lowest BCUT2D eigenvalue weighted by Gasteiger charge is -2.26. The summed E-state index contributed by atoms with van der Waals surface area (Å²) in [6.45, 7) is 9.46. The molecular formula is C15H32N4O. The van der Waals surface area contributed by atoms with Gasteiger partial charge in [-0.2, -0.15) is 0 Å². The van der Waals surface area contributed by atoms with Gasteiger partial charge in [-0.15, -0.1) is 0 Å². The summed E-state index contributed by atoms with van der Waals surface area (Å²) in [5.41, 5.74) is 0. The maximum absolute atomic E-state index is 5.36. The number of nitrogens with one attached hydrogen (secondary N) is 1. The van der Waals surface area contributed by atoms with Crippen LogP contribution >= 0.6 is 0 Å². The van der Waals surface area contributed by atoms with Gasteiger partial charge in [-0.05, 0) is 25.8 Å². The van der Waals surface area contributed by atoms with E-state index in [-0.39, 0.29) is 0 Å². The van der Waals surface area contributed by atoms with Gasteiger partial charge in [0.15, 0.2) is 5.96 Å². The number of unbranched alkanes of at least 4 members (excludes halogenated alkanes) is 2. The number of morpholine rings is 1. The minimum Gasteiger partial charge on any atom is -0.379 e. The minimum absolute atomic E-state index is 0.896. The van der Waals surface area contributed by atoms with Crippen molar-refractivity contribution in [2.45, 2.75) is 32.6 Å². The molecule has 1 aliphatic rings. The molecule has 0 aromatic carbocycles. The average molecular weight is 284 g/mol. The van der Waals surface area contributed by atoms with E-state index in [0.717, 1.165) is 45.4 Å². The smallest absolute Gasteiger partial charge is 0.193 e. The second-order valence-electron chi connectivity index (χ2n) is 5.41. The van der Waals surface area contributed by atoms with Crippen LogP contribution in [0, 0.1) is 0 Å². The van der Waals surface area contributed by atoms with E-state index in [2.05, 4.69) is 34.1 Å². The second kappa shape index (κ2) is 10.9. The van der Waals surface area contributed by atoms with E-state index in [9.17, 15) is 0 Å². The van der Waals surface area contributed by atoms with Crippen molar-refractivity contribution in [2.24, 2.45) is 4.99 Å². The van der Waals surface area contributed by atoms with E-state index in [1.165, 1.54) is 32.2 Å². The molecule has 0 radical (unpaired) electrons. The summed E-state index contributed by atoms with van der Waals surface area (Å²) in [5, 5.41) is 3.45. The molecule has 1 fully saturated rings. The fourth-order valence-corrected chi connectivity index (χ4v) is 2.37. The molecule has 0 atom stereocenters. The molecule has 0 unspecified atom stereocenters. The van der Waals surface area contributed by atoms with Crippen LogP contribution in [0.1, 0.15) is 32.6 Å². The van der Waals surface area contributed by atoms with Gasteiger partial charge in [-0.25, -0.2) is 0 Å². The van der Waals surface area contributed by atoms with Gasteiger partial charge >= 0.3 is 0 Å². The number of nitrogens with zero attached hydrogens (tertiary/aromatic N) is 3. The molecule has 118 valence electrons. The number of aliphatic imine (C=N–C) groups is 1. The Kier molecular flexibility index (Phi) is 9.41. The Labute approximate surface area is 124 Å². The first kappa shape index (κ1) is 17.2. The third-order valence-electron chi connectivity index (χ3n) is 3.71. The van der Waals surface area contributed by atoms with Gasteiger partial charge < -0.3 is 15.0 Å². The summed E-state index contributed by atoms with van der Waals surface area (Å²) in [6, 6.07) is 0. The molecule has 1 rings (SSSR count). The standard InChI is InChI=1S/C15H32N4O/c1-4-5-9-18(3)15(16-2)17-8-6-7-10-19-11-13-20-14-12-19/h4-14H2,1-3H3,(H,16,17). The fourth-order valence-electron chi connectivity index (χ4n) is 2.37. The van der Waals surface area contributed by atoms with E-state index < -0.39 is 0 Å². The number of rotatable bonds is 8. The zero-order valence-electron chi connectivity index (χ0n) is 13.5. The monoisotopic (exact) mass is 284 g/mol. The van der Waals surface area contributed by atoms with Crippen LogP contribution in [0.3, 0.4) is 0 Å². The molecule has 20 heavy (non-hydrogen) atoms. The lowest BCUT2D eigenvalue weighted by Crippen LogP contribution is -2.40. The molecular weight excluding hydrogens is 252 g/mol. The summed E-state index contributed by atoms with van der Waals surface area (Å²) >= 11 is 0. The van der Waals surface area contributed by atoms with Crippen LogP contribution in [0.15, 0.2) is 4.99 Å². The predicted octanol–water partition coefficient (Wildman–Crippen LogP) is 1.41. The molecule has 1 heterocycles. The van der Waals surface area contributed by atoms with Crippen LogP contribution < -0.4 is 5.32 Å². The van der Waals surface area contributed by atoms with Crippen LogP contribution in [0.4, 0.5) is 0 Å². The van der Waals surface area contributed by atoms with E-state index in [4.69, 9.17) is 4.74 Å². The number of ether oxygens (including phenoxy) is 1. The Morgan fingerprint density at radius 1 is 1.25 bits per heavy atom. The first-order valence-electron chi connectivity index (χ1n) is 7.99. The molecule has 5 nitrogen and oxygen atoms in total. The molecule has 1 saturated heterocycles. The topological polar surface area (TPSA) is 40.1 Å². The maximum atomic E-state index is 5.36. The highest BCUT2D eigenvalue weighted by Crippen LogP contribution is 2.00. The van der Waals surface area contributed by atoms with Gasteiger partial charge in [0.05, 0.1) is 13.2 Å². The molecule has 0 amide bonds. The van der Waals surface area contributed by atoms with Crippen LogP contribution in [0.5, 0.6) is 0 Å². The van der Waals surface area contributed by atoms with E-state index >= 15 is 0 Å². The van der Waals surface area contributed by atoms with Crippen LogP contribution in [0.25, 0.3) is 0 Å². The molecule has 1 N–H and O–H groups in total. The quantitative estimate of drug-likeness (QED) is 0.416. The zero-order valence-corrected chi connectivity index (χ0v) is 13.5. The summed E-state index contributed by atoms with van der Waals surface area (Å²) in [6.07, 6.45) is 4.87. The van der Waals surface area contributed by atoms with Crippen molar-refractivity contribution in [2.75, 3.05) is 60.0 Å². The third-order valence-corrected chi connectivity index (χ3v) is 3.71. The average Bonchev–Trinajstić information content (AvgIpc) is 2.49. The zero-order chi connectivity index (χ0) is 14.6. The fraction of sp³-hybridized carbons (Fsp3) is 0.933. The highest BCUT2D eigenvalue weighted by Gasteiger charge is 2.09. The Morgan fingerprint density at radius 2 is 2.00 bits per heavy atom. The molecule has 0 saturated carbocycles. The highest BCUT2D eigenvalue weighted by molar-refractivity contribution is 5.79. The molecule has 5 heteroatoms. The van der Waals surface area contributed by atoms with Crippen molar-refractivity contribution in [1.82, 2.24) is 15.1 Å². The number of hydrogen-bond acceptors (Lipinski definition) is 3. The number of hydrogen-bond donors (Lipinski definition) is 1. The predicted molar refractivity (Wildman–Crippen MR) is 85.4 cm³/mol. The first-order chi connectivity index (χ1) is 9.77. The highest BCUT2D eigenvalue weighted by atomic mass is 16.5. The van der Waals surface area contributed by atoms with Gasteiger partial charge in [-0.3, -0.25) is 9.89 Å². The number of guanidine groups is 1. The maximum Gasteiger partial charge on any atom is 0.193 e. The Morgan fingerprint density at radius 3 is 2.65 bits per heavy atom. The first-order valence-corrected chi connectivity index (χ1v) is 7.99. The Hall–Kier alpha value is -0.810. The molecule has 0 bridgehead atoms. The van der Waals surface area contributed by atoms with E-state index in [1.807, 2.05) is 7.05 Å². The van der Waals surface area contributed by atoms with Gasteiger partial charge in [0.2, 0.25) is 0 Å². The lowest BCUT2D eigenvalue weighted by atomic mass is 10.2. The van der Waals surface area contributed by atoms with Gasteiger partial charge in [0.1, 0.15) is 0 Å². The normalized spacial score (nSPS) is 17.2. The van der Waals surface area contributed by atoms with E-state index in [0.29, 0.717) is 0 Å². The Balaban J connectivity index is 2.06. The lowest BCUT2D eigenvalue weighted by molar-refractivity contribution is 0.0372. The van der Waals surface area contributed by atoms with Crippen molar-refractivity contribution in [1.29, 1.82) is 0 Å². The van der Waals surface area contributed by atoms with Crippen LogP contribution in [0.2, 0.25) is 0 Å². The van der Waals surface area contributed by atoms with Gasteiger partial charge in [-0.1, -0.05) is 13.3 Å². The molecule has 0 spiro atoms. The summed E-state index contributed by atoms with van der Waals surface area (Å²) in [5.74, 6) is 1.02. The molecule has 0 aromatic heterocycles. The summed E-state index contributed by atoms with van der Waals surface area (Å²) in [7, 11) is 3.97. The van der Waals surface area contributed by atoms with Crippen molar-refractivity contribution >= 4 is 5.96 Å². The largest absolute Gasteiger partial charge is 0.379 e. The second-order valence-corrected chi connectivity index (χ2v) is 5.41. The molecule has 0 aliphatic carbocycles. The van der Waals surface area contributed by atoms with E-state index in [1.54, 1.807) is 0 Å². The van der Waals surface area contributed by atoms with Crippen LogP contribution in [-0.2, 0) is 4.74 Å². The summed E-state index contributed by atoms with van der Waals surface area (Å²) < 4.78 is 5.36. The SMILES string of the molecule is CCCCN(C)C(=NC)NCCCCN1CCOCC1. The van der Waals surface area contributed by atoms with Gasteiger partial charge in [0, 0.05) is 40.3 Å². The third kappa shape index (κ3) is 7.10. The summed E-state index contributed by atoms with van der Waals surface area (Å²) in [4.78, 5) is 9.04. The van der Waals surface area contributed by atoms with Gasteiger partial charge in [0.25, 0.3) is 0 Å². The minimum atomic E-state index is 0.896. The molecule has 1 aliphatic heterocycles. The molecule has 0 aromatic rings. The van der Waals surface area contributed by atoms with Crippen molar-refractivity contribution in [3.05, 3.63) is 0 Å². The van der Waals surface area contributed by atoms with Crippen molar-refractivity contribution in [3.63, 3.8) is 0 Å². The van der Waals surface area contributed by atoms with Crippen molar-refractivity contribution < 1.29 is 4.74 Å². The Bertz CT molecular complexity index is 265.